The summed E-state index contributed by atoms with van der Waals surface area (Å²) in [4.78, 5) is 21.6. The number of piperidine rings is 1. The van der Waals surface area contributed by atoms with E-state index in [2.05, 4.69) is 34.1 Å². The van der Waals surface area contributed by atoms with Gasteiger partial charge in [0.05, 0.1) is 13.2 Å². The van der Waals surface area contributed by atoms with Crippen LogP contribution in [0.4, 0.5) is 11.4 Å². The molecule has 0 atom stereocenters. The first-order chi connectivity index (χ1) is 13.7. The number of likely N-dealkylation sites (tertiary alicyclic amines) is 1. The molecule has 0 radical (unpaired) electrons. The molecule has 146 valence electrons. The number of aryl methyl sites for hydroxylation is 1. The van der Waals surface area contributed by atoms with E-state index >= 15 is 0 Å². The summed E-state index contributed by atoms with van der Waals surface area (Å²) in [6.07, 6.45) is 5.39. The lowest BCUT2D eigenvalue weighted by molar-refractivity contribution is -0.181. The highest BCUT2D eigenvalue weighted by atomic mass is 16.7. The number of anilines is 2. The Labute approximate surface area is 165 Å². The molecule has 1 aromatic heterocycles. The molecule has 6 heteroatoms. The van der Waals surface area contributed by atoms with Crippen LogP contribution in [-0.2, 0) is 15.9 Å². The lowest BCUT2D eigenvalue weighted by Crippen LogP contribution is -2.47. The number of carbonyl (C=O) groups is 1. The molecule has 2 aromatic rings. The van der Waals surface area contributed by atoms with Crippen LogP contribution in [0.25, 0.3) is 0 Å². The first kappa shape index (κ1) is 17.6. The Morgan fingerprint density at radius 3 is 2.64 bits per heavy atom. The highest BCUT2D eigenvalue weighted by Crippen LogP contribution is 2.34. The molecule has 1 aromatic carbocycles. The summed E-state index contributed by atoms with van der Waals surface area (Å²) in [7, 11) is 0. The molecule has 1 spiro atoms. The number of para-hydroxylation sites is 1. The van der Waals surface area contributed by atoms with Gasteiger partial charge in [0.2, 0.25) is 0 Å². The molecular formula is C22H25N3O3. The predicted octanol–water partition coefficient (Wildman–Crippen LogP) is 3.15. The van der Waals surface area contributed by atoms with Crippen LogP contribution >= 0.6 is 0 Å². The maximum absolute atomic E-state index is 13.0. The number of carbonyl (C=O) groups excluding carboxylic acids is 1. The van der Waals surface area contributed by atoms with E-state index in [1.807, 2.05) is 17.0 Å². The van der Waals surface area contributed by atoms with Gasteiger partial charge in [-0.25, -0.2) is 0 Å². The first-order valence-electron chi connectivity index (χ1n) is 10.1. The van der Waals surface area contributed by atoms with Gasteiger partial charge in [-0.2, -0.15) is 0 Å². The molecule has 2 saturated heterocycles. The summed E-state index contributed by atoms with van der Waals surface area (Å²) in [5.41, 5.74) is 4.12. The second kappa shape index (κ2) is 7.18. The Bertz CT molecular complexity index is 869. The van der Waals surface area contributed by atoms with Crippen LogP contribution in [0.1, 0.15) is 35.3 Å². The van der Waals surface area contributed by atoms with Gasteiger partial charge in [0, 0.05) is 50.0 Å². The lowest BCUT2D eigenvalue weighted by Gasteiger charge is -2.37. The van der Waals surface area contributed by atoms with Crippen molar-refractivity contribution >= 4 is 17.3 Å². The highest BCUT2D eigenvalue weighted by Gasteiger charge is 2.41. The molecule has 6 nitrogen and oxygen atoms in total. The topological polar surface area (TPSA) is 54.9 Å². The average Bonchev–Trinajstić information content (AvgIpc) is 3.21. The van der Waals surface area contributed by atoms with Crippen LogP contribution in [0.15, 0.2) is 42.6 Å². The van der Waals surface area contributed by atoms with Crippen molar-refractivity contribution < 1.29 is 14.3 Å². The van der Waals surface area contributed by atoms with Crippen LogP contribution in [0.5, 0.6) is 0 Å². The highest BCUT2D eigenvalue weighted by molar-refractivity contribution is 5.93. The minimum atomic E-state index is -0.469. The number of aromatic nitrogens is 1. The molecule has 2 fully saturated rings. The first-order valence-corrected chi connectivity index (χ1v) is 10.1. The van der Waals surface area contributed by atoms with E-state index in [1.54, 1.807) is 6.20 Å². The third-order valence-electron chi connectivity index (χ3n) is 6.01. The zero-order chi connectivity index (χ0) is 19.0. The lowest BCUT2D eigenvalue weighted by atomic mass is 10.0. The van der Waals surface area contributed by atoms with Crippen LogP contribution < -0.4 is 4.90 Å². The van der Waals surface area contributed by atoms with Crippen molar-refractivity contribution in [3.8, 4) is 0 Å². The zero-order valence-corrected chi connectivity index (χ0v) is 16.0. The Morgan fingerprint density at radius 1 is 1.04 bits per heavy atom. The number of hydrogen-bond donors (Lipinski definition) is 0. The van der Waals surface area contributed by atoms with Crippen LogP contribution in [-0.4, -0.2) is 54.4 Å². The summed E-state index contributed by atoms with van der Waals surface area (Å²) in [5.74, 6) is -0.483. The van der Waals surface area contributed by atoms with Gasteiger partial charge in [-0.15, -0.1) is 0 Å². The van der Waals surface area contributed by atoms with Gasteiger partial charge in [-0.05, 0) is 36.6 Å². The Hall–Kier alpha value is -2.44. The smallest absolute Gasteiger partial charge is 0.272 e. The van der Waals surface area contributed by atoms with Crippen molar-refractivity contribution in [1.29, 1.82) is 0 Å². The van der Waals surface area contributed by atoms with Crippen molar-refractivity contribution in [2.45, 2.75) is 31.5 Å². The van der Waals surface area contributed by atoms with E-state index in [0.717, 1.165) is 37.9 Å². The summed E-state index contributed by atoms with van der Waals surface area (Å²) in [5, 5.41) is 0. The minimum Gasteiger partial charge on any atom is -0.347 e. The van der Waals surface area contributed by atoms with Crippen LogP contribution in [0.2, 0.25) is 0 Å². The largest absolute Gasteiger partial charge is 0.347 e. The molecule has 28 heavy (non-hydrogen) atoms. The van der Waals surface area contributed by atoms with Crippen molar-refractivity contribution in [3.05, 3.63) is 53.9 Å². The third-order valence-corrected chi connectivity index (χ3v) is 6.01. The molecule has 3 aliphatic heterocycles. The number of pyridine rings is 1. The predicted molar refractivity (Wildman–Crippen MR) is 106 cm³/mol. The number of amides is 1. The normalized spacial score (nSPS) is 21.0. The van der Waals surface area contributed by atoms with Gasteiger partial charge in [-0.3, -0.25) is 9.78 Å². The van der Waals surface area contributed by atoms with Gasteiger partial charge in [0.25, 0.3) is 5.91 Å². The number of rotatable bonds is 2. The molecule has 4 heterocycles. The van der Waals surface area contributed by atoms with Crippen molar-refractivity contribution in [3.63, 3.8) is 0 Å². The van der Waals surface area contributed by atoms with E-state index in [1.165, 1.54) is 11.3 Å². The monoisotopic (exact) mass is 379 g/mol. The standard InChI is InChI=1S/C22H25N3O3/c26-21(24-12-8-22(9-13-24)27-14-15-28-22)19-16-18(7-10-23-19)25-11-3-5-17-4-1-2-6-20(17)25/h1-2,4,6-7,10,16H,3,5,8-9,11-15H2. The number of fused-ring (bicyclic) bond motifs is 1. The van der Waals surface area contributed by atoms with E-state index in [4.69, 9.17) is 9.47 Å². The van der Waals surface area contributed by atoms with Gasteiger partial charge in [-0.1, -0.05) is 18.2 Å². The quantitative estimate of drug-likeness (QED) is 0.802. The summed E-state index contributed by atoms with van der Waals surface area (Å²) in [6.45, 7) is 3.52. The molecule has 0 N–H and O–H groups in total. The molecular weight excluding hydrogens is 354 g/mol. The molecule has 3 aliphatic rings. The molecule has 5 rings (SSSR count). The number of hydrogen-bond acceptors (Lipinski definition) is 5. The number of nitrogens with zero attached hydrogens (tertiary/aromatic N) is 3. The number of ether oxygens (including phenoxy) is 2. The molecule has 0 aliphatic carbocycles. The van der Waals surface area contributed by atoms with Crippen LogP contribution in [0, 0.1) is 0 Å². The van der Waals surface area contributed by atoms with Crippen molar-refractivity contribution in [2.24, 2.45) is 0 Å². The SMILES string of the molecule is O=C(c1cc(N2CCCc3ccccc32)ccn1)N1CCC2(CC1)OCCO2. The van der Waals surface area contributed by atoms with E-state index in [-0.39, 0.29) is 5.91 Å². The minimum absolute atomic E-state index is 0.0139. The van der Waals surface area contributed by atoms with Gasteiger partial charge in [0.15, 0.2) is 5.79 Å². The maximum Gasteiger partial charge on any atom is 0.272 e. The average molecular weight is 379 g/mol. The van der Waals surface area contributed by atoms with Crippen molar-refractivity contribution in [2.75, 3.05) is 37.7 Å². The summed E-state index contributed by atoms with van der Waals surface area (Å²) < 4.78 is 11.5. The molecule has 1 amide bonds. The molecule has 0 saturated carbocycles. The van der Waals surface area contributed by atoms with E-state index in [9.17, 15) is 4.79 Å². The molecule has 0 unspecified atom stereocenters. The maximum atomic E-state index is 13.0. The third kappa shape index (κ3) is 3.16. The van der Waals surface area contributed by atoms with Gasteiger partial charge >= 0.3 is 0 Å². The second-order valence-electron chi connectivity index (χ2n) is 7.68. The Morgan fingerprint density at radius 2 is 1.82 bits per heavy atom. The zero-order valence-electron chi connectivity index (χ0n) is 16.0. The van der Waals surface area contributed by atoms with Gasteiger partial charge in [0.1, 0.15) is 5.69 Å². The van der Waals surface area contributed by atoms with Gasteiger partial charge < -0.3 is 19.3 Å². The Kier molecular flexibility index (Phi) is 4.53. The number of benzene rings is 1. The van der Waals surface area contributed by atoms with E-state index < -0.39 is 5.79 Å². The fourth-order valence-corrected chi connectivity index (χ4v) is 4.50. The second-order valence-corrected chi connectivity index (χ2v) is 7.68. The summed E-state index contributed by atoms with van der Waals surface area (Å²) in [6, 6.07) is 12.4. The fourth-order valence-electron chi connectivity index (χ4n) is 4.50. The van der Waals surface area contributed by atoms with Crippen molar-refractivity contribution in [1.82, 2.24) is 9.88 Å². The van der Waals surface area contributed by atoms with Crippen LogP contribution in [0.3, 0.4) is 0 Å². The summed E-state index contributed by atoms with van der Waals surface area (Å²) >= 11 is 0. The Balaban J connectivity index is 1.34. The molecule has 0 bridgehead atoms. The fraction of sp³-hybridized carbons (Fsp3) is 0.455. The van der Waals surface area contributed by atoms with E-state index in [0.29, 0.717) is 32.0 Å².